The van der Waals surface area contributed by atoms with E-state index < -0.39 is 23.5 Å². The minimum atomic E-state index is -0.855. The van der Waals surface area contributed by atoms with Crippen LogP contribution in [0.5, 0.6) is 0 Å². The smallest absolute Gasteiger partial charge is 0.412 e. The summed E-state index contributed by atoms with van der Waals surface area (Å²) in [4.78, 5) is 19.4. The minimum absolute atomic E-state index is 0.138. The highest BCUT2D eigenvalue weighted by atomic mass is 32.1. The number of halogens is 1. The van der Waals surface area contributed by atoms with Crippen LogP contribution in [0.15, 0.2) is 22.1 Å². The lowest BCUT2D eigenvalue weighted by Gasteiger charge is -2.31. The van der Waals surface area contributed by atoms with E-state index in [4.69, 9.17) is 13.9 Å². The van der Waals surface area contributed by atoms with Gasteiger partial charge in [-0.25, -0.2) is 14.2 Å². The van der Waals surface area contributed by atoms with Gasteiger partial charge in [0.15, 0.2) is 6.10 Å². The maximum absolute atomic E-state index is 14.3. The maximum Gasteiger partial charge on any atom is 0.412 e. The zero-order valence-corrected chi connectivity index (χ0v) is 18.9. The van der Waals surface area contributed by atoms with E-state index in [2.05, 4.69) is 4.98 Å². The summed E-state index contributed by atoms with van der Waals surface area (Å²) in [6.07, 6.45) is 3.06. The van der Waals surface area contributed by atoms with Crippen molar-refractivity contribution in [1.29, 1.82) is 0 Å². The van der Waals surface area contributed by atoms with Crippen molar-refractivity contribution >= 4 is 23.3 Å². The van der Waals surface area contributed by atoms with Gasteiger partial charge in [0.2, 0.25) is 5.89 Å². The third-order valence-electron chi connectivity index (χ3n) is 5.18. The molecule has 2 aromatic heterocycles. The molecule has 30 heavy (non-hydrogen) atoms. The molecular formula is C22H27FN2O4S. The summed E-state index contributed by atoms with van der Waals surface area (Å²) in [7, 11) is 0. The Bertz CT molecular complexity index is 1000. The van der Waals surface area contributed by atoms with Crippen molar-refractivity contribution in [3.8, 4) is 11.3 Å². The molecule has 0 bridgehead atoms. The number of nitrogens with zero attached hydrogens (tertiary/aromatic N) is 2. The van der Waals surface area contributed by atoms with Gasteiger partial charge in [-0.3, -0.25) is 4.90 Å². The summed E-state index contributed by atoms with van der Waals surface area (Å²) in [5, 5.41) is 1.92. The normalized spacial score (nSPS) is 23.3. The van der Waals surface area contributed by atoms with Crippen LogP contribution in [-0.2, 0) is 15.9 Å². The first-order valence-corrected chi connectivity index (χ1v) is 10.9. The molecule has 0 N–H and O–H groups in total. The predicted octanol–water partition coefficient (Wildman–Crippen LogP) is 5.95. The van der Waals surface area contributed by atoms with Crippen molar-refractivity contribution in [3.05, 3.63) is 34.1 Å². The first-order valence-electron chi connectivity index (χ1n) is 10.1. The molecule has 6 nitrogen and oxygen atoms in total. The highest BCUT2D eigenvalue weighted by molar-refractivity contribution is 7.11. The van der Waals surface area contributed by atoms with E-state index in [1.165, 1.54) is 11.3 Å². The zero-order chi connectivity index (χ0) is 21.8. The lowest BCUT2D eigenvalue weighted by Crippen LogP contribution is -2.46. The van der Waals surface area contributed by atoms with Crippen LogP contribution in [0.2, 0.25) is 0 Å². The van der Waals surface area contributed by atoms with Gasteiger partial charge in [-0.15, -0.1) is 11.3 Å². The summed E-state index contributed by atoms with van der Waals surface area (Å²) in [5.41, 5.74) is 1.06. The van der Waals surface area contributed by atoms with E-state index in [-0.39, 0.29) is 18.3 Å². The van der Waals surface area contributed by atoms with Crippen LogP contribution >= 0.6 is 11.3 Å². The SMILES string of the molecule is CC1C=C(F)c2scc(-c3coc(C4CN(C(=O)OC(C)(C)C)C(C)(C)O4)n3)c2C1. The Morgan fingerprint density at radius 3 is 2.83 bits per heavy atom. The highest BCUT2D eigenvalue weighted by Gasteiger charge is 2.46. The highest BCUT2D eigenvalue weighted by Crippen LogP contribution is 2.42. The predicted molar refractivity (Wildman–Crippen MR) is 113 cm³/mol. The number of allylic oxidation sites excluding steroid dienone is 1. The quantitative estimate of drug-likeness (QED) is 0.584. The average molecular weight is 435 g/mol. The Labute approximate surface area is 179 Å². The summed E-state index contributed by atoms with van der Waals surface area (Å²) in [5.74, 6) is 0.361. The topological polar surface area (TPSA) is 64.8 Å². The monoisotopic (exact) mass is 434 g/mol. The molecule has 8 heteroatoms. The number of aromatic nitrogens is 1. The van der Waals surface area contributed by atoms with Gasteiger partial charge in [-0.2, -0.15) is 0 Å². The second kappa shape index (κ2) is 7.20. The molecule has 1 fully saturated rings. The van der Waals surface area contributed by atoms with E-state index in [1.54, 1.807) is 17.2 Å². The fourth-order valence-electron chi connectivity index (χ4n) is 3.84. The van der Waals surface area contributed by atoms with Crippen molar-refractivity contribution in [1.82, 2.24) is 9.88 Å². The lowest BCUT2D eigenvalue weighted by molar-refractivity contribution is -0.0834. The number of fused-ring (bicyclic) bond motifs is 1. The van der Waals surface area contributed by atoms with Crippen LogP contribution in [0.4, 0.5) is 9.18 Å². The van der Waals surface area contributed by atoms with Crippen molar-refractivity contribution in [3.63, 3.8) is 0 Å². The molecule has 2 aromatic rings. The first kappa shape index (κ1) is 21.1. The molecule has 0 aromatic carbocycles. The van der Waals surface area contributed by atoms with E-state index in [1.807, 2.05) is 46.9 Å². The molecule has 3 heterocycles. The Hall–Kier alpha value is -2.19. The third kappa shape index (κ3) is 3.90. The Morgan fingerprint density at radius 1 is 1.40 bits per heavy atom. The standard InChI is InChI=1S/C22H27FN2O4S/c1-12-7-13-14(11-30-18(13)15(23)8-12)16-10-27-19(24-16)17-9-25(22(5,6)28-17)20(26)29-21(2,3)4/h8,10-12,17H,7,9H2,1-6H3. The zero-order valence-electron chi connectivity index (χ0n) is 18.1. The molecule has 1 amide bonds. The van der Waals surface area contributed by atoms with Gasteiger partial charge in [0.1, 0.15) is 29.1 Å². The van der Waals surface area contributed by atoms with Gasteiger partial charge in [0.05, 0.1) is 11.4 Å². The number of ether oxygens (including phenoxy) is 2. The van der Waals surface area contributed by atoms with Crippen LogP contribution in [0.3, 0.4) is 0 Å². The third-order valence-corrected chi connectivity index (χ3v) is 6.21. The number of amides is 1. The number of rotatable bonds is 2. The number of hydrogen-bond donors (Lipinski definition) is 0. The molecule has 2 unspecified atom stereocenters. The number of thiophene rings is 1. The summed E-state index contributed by atoms with van der Waals surface area (Å²) in [6.45, 7) is 11.4. The molecule has 0 spiro atoms. The van der Waals surface area contributed by atoms with Crippen molar-refractivity contribution in [2.24, 2.45) is 5.92 Å². The summed E-state index contributed by atoms with van der Waals surface area (Å²) < 4.78 is 31.6. The van der Waals surface area contributed by atoms with Crippen molar-refractivity contribution in [2.75, 3.05) is 6.54 Å². The van der Waals surface area contributed by atoms with Crippen molar-refractivity contribution in [2.45, 2.75) is 65.4 Å². The van der Waals surface area contributed by atoms with Crippen molar-refractivity contribution < 1.29 is 23.1 Å². The largest absolute Gasteiger partial charge is 0.445 e. The molecule has 4 rings (SSSR count). The van der Waals surface area contributed by atoms with Crippen LogP contribution in [0.1, 0.15) is 64.0 Å². The molecule has 1 saturated heterocycles. The van der Waals surface area contributed by atoms with E-state index in [0.29, 0.717) is 16.5 Å². The fraction of sp³-hybridized carbons (Fsp3) is 0.545. The van der Waals surface area contributed by atoms with Gasteiger partial charge >= 0.3 is 6.09 Å². The number of oxazole rings is 1. The van der Waals surface area contributed by atoms with E-state index >= 15 is 0 Å². The van der Waals surface area contributed by atoms with E-state index in [0.717, 1.165) is 17.5 Å². The summed E-state index contributed by atoms with van der Waals surface area (Å²) >= 11 is 1.38. The molecule has 0 radical (unpaired) electrons. The second-order valence-electron chi connectivity index (χ2n) is 9.37. The van der Waals surface area contributed by atoms with Gasteiger partial charge in [0, 0.05) is 10.9 Å². The number of carbonyl (C=O) groups is 1. The van der Waals surface area contributed by atoms with Crippen LogP contribution in [0, 0.1) is 5.92 Å². The molecular weight excluding hydrogens is 407 g/mol. The summed E-state index contributed by atoms with van der Waals surface area (Å²) in [6, 6.07) is 0. The minimum Gasteiger partial charge on any atom is -0.445 e. The maximum atomic E-state index is 14.3. The van der Waals surface area contributed by atoms with Gasteiger partial charge in [-0.1, -0.05) is 6.92 Å². The molecule has 1 aliphatic heterocycles. The van der Waals surface area contributed by atoms with Crippen LogP contribution < -0.4 is 0 Å². The molecule has 1 aliphatic carbocycles. The second-order valence-corrected chi connectivity index (χ2v) is 10.2. The van der Waals surface area contributed by atoms with Crippen LogP contribution in [-0.4, -0.2) is 33.8 Å². The van der Waals surface area contributed by atoms with E-state index in [9.17, 15) is 9.18 Å². The number of carbonyl (C=O) groups excluding carboxylic acids is 1. The fourth-order valence-corrected chi connectivity index (χ4v) is 4.86. The molecule has 0 saturated carbocycles. The first-order chi connectivity index (χ1) is 13.9. The van der Waals surface area contributed by atoms with Gasteiger partial charge in [-0.05, 0) is 58.6 Å². The Kier molecular flexibility index (Phi) is 5.05. The Balaban J connectivity index is 1.56. The van der Waals surface area contributed by atoms with Gasteiger partial charge in [0.25, 0.3) is 0 Å². The lowest BCUT2D eigenvalue weighted by atomic mass is 9.92. The molecule has 162 valence electrons. The van der Waals surface area contributed by atoms with Gasteiger partial charge < -0.3 is 13.9 Å². The molecule has 2 atom stereocenters. The van der Waals surface area contributed by atoms with Crippen LogP contribution in [0.25, 0.3) is 17.1 Å². The average Bonchev–Trinajstić information content (AvgIpc) is 3.28. The Morgan fingerprint density at radius 2 is 2.13 bits per heavy atom. The molecule has 2 aliphatic rings. The number of hydrogen-bond acceptors (Lipinski definition) is 6.